The maximum atomic E-state index is 12.5. The predicted octanol–water partition coefficient (Wildman–Crippen LogP) is 5.24. The van der Waals surface area contributed by atoms with Gasteiger partial charge in [0.15, 0.2) is 5.56 Å². The molecule has 0 bridgehead atoms. The van der Waals surface area contributed by atoms with Crippen LogP contribution in [-0.4, -0.2) is 31.3 Å². The zero-order valence-corrected chi connectivity index (χ0v) is 17.1. The topological polar surface area (TPSA) is 55.6 Å². The molecule has 1 saturated heterocycles. The Hall–Kier alpha value is -2.79. The van der Waals surface area contributed by atoms with Gasteiger partial charge in [0.05, 0.1) is 7.11 Å². The summed E-state index contributed by atoms with van der Waals surface area (Å²) in [6.07, 6.45) is 3.14. The third-order valence-electron chi connectivity index (χ3n) is 5.45. The van der Waals surface area contributed by atoms with Crippen LogP contribution >= 0.6 is 11.6 Å². The van der Waals surface area contributed by atoms with Crippen molar-refractivity contribution in [3.63, 3.8) is 0 Å². The van der Waals surface area contributed by atoms with Gasteiger partial charge in [-0.05, 0) is 42.9 Å². The summed E-state index contributed by atoms with van der Waals surface area (Å²) in [7, 11) is 1.37. The fourth-order valence-corrected chi connectivity index (χ4v) is 4.00. The van der Waals surface area contributed by atoms with E-state index in [9.17, 15) is 4.79 Å². The summed E-state index contributed by atoms with van der Waals surface area (Å²) >= 11 is 5.98. The van der Waals surface area contributed by atoms with Crippen LogP contribution in [0.15, 0.2) is 59.1 Å². The number of ether oxygens (including phenoxy) is 1. The van der Waals surface area contributed by atoms with Gasteiger partial charge >= 0.3 is 5.97 Å². The van der Waals surface area contributed by atoms with Crippen LogP contribution in [0.4, 0.5) is 5.88 Å². The van der Waals surface area contributed by atoms with Crippen molar-refractivity contribution in [3.8, 4) is 11.3 Å². The molecule has 150 valence electrons. The van der Waals surface area contributed by atoms with Crippen LogP contribution in [0.5, 0.6) is 0 Å². The number of nitrogens with zero attached hydrogens (tertiary/aromatic N) is 2. The molecule has 6 heteroatoms. The van der Waals surface area contributed by atoms with E-state index in [1.165, 1.54) is 12.7 Å². The lowest BCUT2D eigenvalue weighted by molar-refractivity contribution is 0.0601. The Bertz CT molecular complexity index is 962. The highest BCUT2D eigenvalue weighted by molar-refractivity contribution is 6.30. The highest BCUT2D eigenvalue weighted by atomic mass is 35.5. The molecule has 1 aliphatic rings. The molecule has 4 rings (SSSR count). The highest BCUT2D eigenvalue weighted by Gasteiger charge is 2.31. The first kappa shape index (κ1) is 19.5. The van der Waals surface area contributed by atoms with Crippen LogP contribution in [0.3, 0.4) is 0 Å². The molecule has 0 spiro atoms. The van der Waals surface area contributed by atoms with Crippen LogP contribution in [0.25, 0.3) is 11.3 Å². The standard InChI is InChI=1S/C23H23ClN2O3/c1-28-23(27)20-21(18-7-9-19(24)10-8-18)25-29-22(20)26-13-11-17(12-14-26)15-16-5-3-2-4-6-16/h2-10,17H,11-15H2,1H3. The quantitative estimate of drug-likeness (QED) is 0.538. The van der Waals surface area contributed by atoms with Gasteiger partial charge in [0, 0.05) is 23.7 Å². The summed E-state index contributed by atoms with van der Waals surface area (Å²) in [5.74, 6) is 0.659. The summed E-state index contributed by atoms with van der Waals surface area (Å²) < 4.78 is 10.7. The van der Waals surface area contributed by atoms with Gasteiger partial charge in [0.1, 0.15) is 5.69 Å². The van der Waals surface area contributed by atoms with Crippen molar-refractivity contribution in [2.75, 3.05) is 25.1 Å². The molecule has 0 radical (unpaired) electrons. The average Bonchev–Trinajstić information content (AvgIpc) is 3.20. The minimum atomic E-state index is -0.447. The first-order valence-electron chi connectivity index (χ1n) is 9.78. The lowest BCUT2D eigenvalue weighted by Gasteiger charge is -2.31. The zero-order valence-electron chi connectivity index (χ0n) is 16.3. The number of hydrogen-bond acceptors (Lipinski definition) is 5. The van der Waals surface area contributed by atoms with E-state index in [2.05, 4.69) is 34.3 Å². The lowest BCUT2D eigenvalue weighted by atomic mass is 9.90. The van der Waals surface area contributed by atoms with E-state index >= 15 is 0 Å². The van der Waals surface area contributed by atoms with E-state index in [4.69, 9.17) is 20.9 Å². The van der Waals surface area contributed by atoms with Crippen LogP contribution in [0, 0.1) is 5.92 Å². The number of rotatable bonds is 5. The Labute approximate surface area is 175 Å². The van der Waals surface area contributed by atoms with Gasteiger partial charge in [0.25, 0.3) is 0 Å². The minimum absolute atomic E-state index is 0.372. The molecular formula is C23H23ClN2O3. The molecule has 3 aromatic rings. The van der Waals surface area contributed by atoms with Crippen molar-refractivity contribution in [1.82, 2.24) is 5.16 Å². The number of aromatic nitrogens is 1. The summed E-state index contributed by atoms with van der Waals surface area (Å²) in [5.41, 5.74) is 2.99. The number of carbonyl (C=O) groups is 1. The number of piperidine rings is 1. The maximum Gasteiger partial charge on any atom is 0.345 e. The first-order valence-corrected chi connectivity index (χ1v) is 10.2. The Morgan fingerprint density at radius 2 is 1.83 bits per heavy atom. The van der Waals surface area contributed by atoms with Crippen LogP contribution in [0.2, 0.25) is 5.02 Å². The highest BCUT2D eigenvalue weighted by Crippen LogP contribution is 2.35. The normalized spacial score (nSPS) is 14.8. The largest absolute Gasteiger partial charge is 0.465 e. The monoisotopic (exact) mass is 410 g/mol. The summed E-state index contributed by atoms with van der Waals surface area (Å²) in [4.78, 5) is 14.6. The van der Waals surface area contributed by atoms with Crippen molar-refractivity contribution in [3.05, 3.63) is 70.7 Å². The molecule has 29 heavy (non-hydrogen) atoms. The zero-order chi connectivity index (χ0) is 20.2. The van der Waals surface area contributed by atoms with E-state index in [1.54, 1.807) is 12.1 Å². The second-order valence-corrected chi connectivity index (χ2v) is 7.77. The predicted molar refractivity (Wildman–Crippen MR) is 113 cm³/mol. The van der Waals surface area contributed by atoms with Gasteiger partial charge in [-0.1, -0.05) is 59.2 Å². The van der Waals surface area contributed by atoms with Gasteiger partial charge in [-0.3, -0.25) is 0 Å². The van der Waals surface area contributed by atoms with Crippen molar-refractivity contribution in [1.29, 1.82) is 0 Å². The second kappa shape index (κ2) is 8.70. The average molecular weight is 411 g/mol. The first-order chi connectivity index (χ1) is 14.2. The van der Waals surface area contributed by atoms with E-state index < -0.39 is 5.97 Å². The van der Waals surface area contributed by atoms with E-state index in [0.717, 1.165) is 37.9 Å². The van der Waals surface area contributed by atoms with E-state index in [-0.39, 0.29) is 0 Å². The number of esters is 1. The molecule has 0 atom stereocenters. The molecular weight excluding hydrogens is 388 g/mol. The Balaban J connectivity index is 1.53. The molecule has 0 unspecified atom stereocenters. The number of halogens is 1. The molecule has 1 aliphatic heterocycles. The molecule has 0 aliphatic carbocycles. The van der Waals surface area contributed by atoms with Gasteiger partial charge in [-0.2, -0.15) is 0 Å². The summed E-state index contributed by atoms with van der Waals surface area (Å²) in [5, 5.41) is 4.81. The number of hydrogen-bond donors (Lipinski definition) is 0. The molecule has 2 aromatic carbocycles. The van der Waals surface area contributed by atoms with E-state index in [0.29, 0.717) is 28.1 Å². The molecule has 5 nitrogen and oxygen atoms in total. The maximum absolute atomic E-state index is 12.5. The van der Waals surface area contributed by atoms with Crippen LogP contribution < -0.4 is 4.90 Å². The fraction of sp³-hybridized carbons (Fsp3) is 0.304. The Morgan fingerprint density at radius 3 is 2.48 bits per heavy atom. The number of methoxy groups -OCH3 is 1. The van der Waals surface area contributed by atoms with Gasteiger partial charge in [-0.25, -0.2) is 4.79 Å². The third kappa shape index (κ3) is 4.30. The molecule has 0 saturated carbocycles. The minimum Gasteiger partial charge on any atom is -0.465 e. The molecule has 0 amide bonds. The molecule has 1 aromatic heterocycles. The number of carbonyl (C=O) groups excluding carboxylic acids is 1. The number of benzene rings is 2. The Morgan fingerprint density at radius 1 is 1.14 bits per heavy atom. The Kier molecular flexibility index (Phi) is 5.86. The van der Waals surface area contributed by atoms with Crippen molar-refractivity contribution in [2.24, 2.45) is 5.92 Å². The smallest absolute Gasteiger partial charge is 0.345 e. The van der Waals surface area contributed by atoms with Gasteiger partial charge in [0.2, 0.25) is 5.88 Å². The summed E-state index contributed by atoms with van der Waals surface area (Å²) in [6.45, 7) is 1.63. The van der Waals surface area contributed by atoms with E-state index in [1.807, 2.05) is 18.2 Å². The number of anilines is 1. The van der Waals surface area contributed by atoms with Crippen molar-refractivity contribution >= 4 is 23.5 Å². The summed E-state index contributed by atoms with van der Waals surface area (Å²) in [6, 6.07) is 17.7. The van der Waals surface area contributed by atoms with Crippen molar-refractivity contribution in [2.45, 2.75) is 19.3 Å². The third-order valence-corrected chi connectivity index (χ3v) is 5.70. The van der Waals surface area contributed by atoms with Gasteiger partial charge < -0.3 is 14.2 Å². The lowest BCUT2D eigenvalue weighted by Crippen LogP contribution is -2.35. The molecule has 1 fully saturated rings. The molecule has 2 heterocycles. The van der Waals surface area contributed by atoms with Crippen molar-refractivity contribution < 1.29 is 14.1 Å². The SMILES string of the molecule is COC(=O)c1c(-c2ccc(Cl)cc2)noc1N1CCC(Cc2ccccc2)CC1. The second-order valence-electron chi connectivity index (χ2n) is 7.33. The fourth-order valence-electron chi connectivity index (χ4n) is 3.88. The van der Waals surface area contributed by atoms with Crippen LogP contribution in [-0.2, 0) is 11.2 Å². The molecule has 0 N–H and O–H groups in total. The van der Waals surface area contributed by atoms with Gasteiger partial charge in [-0.15, -0.1) is 0 Å². The van der Waals surface area contributed by atoms with Crippen LogP contribution in [0.1, 0.15) is 28.8 Å².